The van der Waals surface area contributed by atoms with Gasteiger partial charge in [0.15, 0.2) is 0 Å². The summed E-state index contributed by atoms with van der Waals surface area (Å²) >= 11 is 1.85. The number of aromatic nitrogens is 1. The van der Waals surface area contributed by atoms with Crippen LogP contribution in [0.25, 0.3) is 10.9 Å². The first-order valence-corrected chi connectivity index (χ1v) is 9.14. The Morgan fingerprint density at radius 2 is 2.30 bits per heavy atom. The lowest BCUT2D eigenvalue weighted by atomic mass is 9.79. The van der Waals surface area contributed by atoms with Crippen LogP contribution in [0.2, 0.25) is 0 Å². The van der Waals surface area contributed by atoms with Gasteiger partial charge in [-0.05, 0) is 37.7 Å². The smallest absolute Gasteiger partial charge is 0.145 e. The molecule has 2 aromatic rings. The van der Waals surface area contributed by atoms with Gasteiger partial charge in [-0.2, -0.15) is 11.8 Å². The van der Waals surface area contributed by atoms with Gasteiger partial charge in [0.1, 0.15) is 11.3 Å². The Hall–Kier alpha value is -1.46. The summed E-state index contributed by atoms with van der Waals surface area (Å²) in [4.78, 5) is 4.60. The molecule has 1 aliphatic carbocycles. The van der Waals surface area contributed by atoms with Crippen molar-refractivity contribution in [3.8, 4) is 5.75 Å². The Labute approximate surface area is 141 Å². The molecule has 1 aromatic heterocycles. The topological polar surface area (TPSA) is 54.4 Å². The van der Waals surface area contributed by atoms with Crippen LogP contribution in [0.1, 0.15) is 25.5 Å². The van der Waals surface area contributed by atoms with E-state index < -0.39 is 5.60 Å². The highest BCUT2D eigenvalue weighted by molar-refractivity contribution is 8.00. The number of hydrogen-bond donors (Lipinski definition) is 2. The minimum absolute atomic E-state index is 0.337. The lowest BCUT2D eigenvalue weighted by Gasteiger charge is -2.45. The molecule has 0 aliphatic heterocycles. The Balaban J connectivity index is 1.86. The highest BCUT2D eigenvalue weighted by atomic mass is 32.2. The zero-order valence-electron chi connectivity index (χ0n) is 13.9. The molecule has 1 saturated carbocycles. The number of aryl methyl sites for hydroxylation is 1. The van der Waals surface area contributed by atoms with Gasteiger partial charge in [-0.3, -0.25) is 0 Å². The van der Waals surface area contributed by atoms with Crippen molar-refractivity contribution < 1.29 is 9.84 Å². The molecule has 1 aromatic carbocycles. The molecule has 0 bridgehead atoms. The average Bonchev–Trinajstić information content (AvgIpc) is 2.55. The fraction of sp³-hybridized carbons (Fsp3) is 0.500. The Morgan fingerprint density at radius 1 is 1.48 bits per heavy atom. The molecule has 23 heavy (non-hydrogen) atoms. The summed E-state index contributed by atoms with van der Waals surface area (Å²) in [6.45, 7) is 4.69. The summed E-state index contributed by atoms with van der Waals surface area (Å²) in [5.74, 6) is 1.82. The van der Waals surface area contributed by atoms with E-state index in [1.165, 1.54) is 0 Å². The molecule has 5 heteroatoms. The van der Waals surface area contributed by atoms with Crippen LogP contribution >= 0.6 is 11.8 Å². The summed E-state index contributed by atoms with van der Waals surface area (Å²) in [5.41, 5.74) is 2.19. The molecule has 2 atom stereocenters. The molecule has 2 unspecified atom stereocenters. The first-order chi connectivity index (χ1) is 11.1. The number of aliphatic hydroxyl groups is 1. The van der Waals surface area contributed by atoms with Crippen molar-refractivity contribution in [1.82, 2.24) is 4.98 Å². The number of methoxy groups -OCH3 is 1. The second-order valence-electron chi connectivity index (χ2n) is 6.11. The van der Waals surface area contributed by atoms with Gasteiger partial charge in [-0.15, -0.1) is 0 Å². The minimum Gasteiger partial charge on any atom is -0.494 e. The molecule has 1 fully saturated rings. The normalized spacial score (nSPS) is 23.6. The molecule has 1 aliphatic rings. The monoisotopic (exact) mass is 332 g/mol. The van der Waals surface area contributed by atoms with E-state index in [9.17, 15) is 5.11 Å². The molecule has 2 N–H and O–H groups in total. The summed E-state index contributed by atoms with van der Waals surface area (Å²) in [5, 5.41) is 15.6. The van der Waals surface area contributed by atoms with Crippen LogP contribution in [-0.2, 0) is 0 Å². The van der Waals surface area contributed by atoms with Crippen LogP contribution in [0.5, 0.6) is 5.75 Å². The predicted molar refractivity (Wildman–Crippen MR) is 97.6 cm³/mol. The van der Waals surface area contributed by atoms with E-state index in [1.807, 2.05) is 43.0 Å². The van der Waals surface area contributed by atoms with Gasteiger partial charge in [-0.25, -0.2) is 4.98 Å². The third kappa shape index (κ3) is 3.12. The molecule has 124 valence electrons. The van der Waals surface area contributed by atoms with Crippen LogP contribution in [-0.4, -0.2) is 40.3 Å². The second kappa shape index (κ2) is 6.57. The predicted octanol–water partition coefficient (Wildman–Crippen LogP) is 3.61. The molecule has 1 heterocycles. The van der Waals surface area contributed by atoms with E-state index in [-0.39, 0.29) is 0 Å². The zero-order chi connectivity index (χ0) is 16.4. The van der Waals surface area contributed by atoms with E-state index in [2.05, 4.69) is 17.2 Å². The van der Waals surface area contributed by atoms with Crippen molar-refractivity contribution in [2.75, 3.05) is 24.7 Å². The first kappa shape index (κ1) is 16.4. The summed E-state index contributed by atoms with van der Waals surface area (Å²) < 4.78 is 5.42. The Morgan fingerprint density at radius 3 is 2.96 bits per heavy atom. The molecule has 4 nitrogen and oxygen atoms in total. The SMILES string of the molecule is CCSC1CCC1(O)CNc1cc(C)nc2c(OC)cccc12. The minimum atomic E-state index is -0.608. The molecule has 3 rings (SSSR count). The summed E-state index contributed by atoms with van der Waals surface area (Å²) in [6.07, 6.45) is 1.96. The van der Waals surface area contributed by atoms with Gasteiger partial charge >= 0.3 is 0 Å². The Bertz CT molecular complexity index is 707. The maximum atomic E-state index is 10.8. The number of benzene rings is 1. The quantitative estimate of drug-likeness (QED) is 0.846. The Kier molecular flexibility index (Phi) is 4.69. The van der Waals surface area contributed by atoms with Crippen molar-refractivity contribution >= 4 is 28.4 Å². The van der Waals surface area contributed by atoms with Gasteiger partial charge in [0.25, 0.3) is 0 Å². The van der Waals surface area contributed by atoms with E-state index in [0.717, 1.165) is 46.6 Å². The van der Waals surface area contributed by atoms with Crippen molar-refractivity contribution in [3.05, 3.63) is 30.0 Å². The third-order valence-corrected chi connectivity index (χ3v) is 5.95. The number of anilines is 1. The molecule has 0 amide bonds. The van der Waals surface area contributed by atoms with Crippen molar-refractivity contribution in [1.29, 1.82) is 0 Å². The number of ether oxygens (including phenoxy) is 1. The maximum Gasteiger partial charge on any atom is 0.145 e. The van der Waals surface area contributed by atoms with Crippen molar-refractivity contribution in [2.45, 2.75) is 37.5 Å². The van der Waals surface area contributed by atoms with Gasteiger partial charge in [-0.1, -0.05) is 19.1 Å². The largest absolute Gasteiger partial charge is 0.494 e. The number of pyridine rings is 1. The highest BCUT2D eigenvalue weighted by Crippen LogP contribution is 2.41. The fourth-order valence-corrected chi connectivity index (χ4v) is 4.35. The van der Waals surface area contributed by atoms with Crippen molar-refractivity contribution in [2.24, 2.45) is 0 Å². The summed E-state index contributed by atoms with van der Waals surface area (Å²) in [6, 6.07) is 7.96. The van der Waals surface area contributed by atoms with Gasteiger partial charge in [0, 0.05) is 28.6 Å². The maximum absolute atomic E-state index is 10.8. The van der Waals surface area contributed by atoms with Crippen LogP contribution < -0.4 is 10.1 Å². The summed E-state index contributed by atoms with van der Waals surface area (Å²) in [7, 11) is 1.66. The van der Waals surface area contributed by atoms with Crippen LogP contribution in [0.4, 0.5) is 5.69 Å². The van der Waals surface area contributed by atoms with Gasteiger partial charge in [0.2, 0.25) is 0 Å². The fourth-order valence-electron chi connectivity index (χ4n) is 3.15. The highest BCUT2D eigenvalue weighted by Gasteiger charge is 2.44. The molecular weight excluding hydrogens is 308 g/mol. The van der Waals surface area contributed by atoms with Gasteiger partial charge < -0.3 is 15.2 Å². The molecule has 0 saturated heterocycles. The zero-order valence-corrected chi connectivity index (χ0v) is 14.7. The number of rotatable bonds is 6. The number of para-hydroxylation sites is 1. The third-order valence-electron chi connectivity index (χ3n) is 4.54. The van der Waals surface area contributed by atoms with E-state index in [4.69, 9.17) is 4.74 Å². The molecular formula is C18H24N2O2S. The second-order valence-corrected chi connectivity index (χ2v) is 7.59. The average molecular weight is 332 g/mol. The number of nitrogens with zero attached hydrogens (tertiary/aromatic N) is 1. The van der Waals surface area contributed by atoms with Gasteiger partial charge in [0.05, 0.1) is 12.7 Å². The number of thioether (sulfide) groups is 1. The van der Waals surface area contributed by atoms with Crippen LogP contribution in [0.3, 0.4) is 0 Å². The molecule has 0 radical (unpaired) electrons. The number of nitrogens with one attached hydrogen (secondary N) is 1. The standard InChI is InChI=1S/C18H24N2O2S/c1-4-23-16-8-9-18(16,21)11-19-14-10-12(2)20-17-13(14)6-5-7-15(17)22-3/h5-7,10,16,21H,4,8-9,11H2,1-3H3,(H,19,20). The number of fused-ring (bicyclic) bond motifs is 1. The molecule has 0 spiro atoms. The number of hydrogen-bond acceptors (Lipinski definition) is 5. The van der Waals surface area contributed by atoms with Crippen molar-refractivity contribution in [3.63, 3.8) is 0 Å². The van der Waals surface area contributed by atoms with E-state index in [0.29, 0.717) is 11.8 Å². The lowest BCUT2D eigenvalue weighted by molar-refractivity contribution is -0.0119. The van der Waals surface area contributed by atoms with E-state index in [1.54, 1.807) is 7.11 Å². The van der Waals surface area contributed by atoms with Crippen LogP contribution in [0, 0.1) is 6.92 Å². The first-order valence-electron chi connectivity index (χ1n) is 8.09. The van der Waals surface area contributed by atoms with E-state index >= 15 is 0 Å². The van der Waals surface area contributed by atoms with Crippen LogP contribution in [0.15, 0.2) is 24.3 Å². The lowest BCUT2D eigenvalue weighted by Crippen LogP contribution is -2.54.